The highest BCUT2D eigenvalue weighted by molar-refractivity contribution is 7.89. The lowest BCUT2D eigenvalue weighted by Gasteiger charge is -2.07. The zero-order valence-corrected chi connectivity index (χ0v) is 12.0. The quantitative estimate of drug-likeness (QED) is 0.668. The van der Waals surface area contributed by atoms with Gasteiger partial charge in [-0.1, -0.05) is 6.92 Å². The molecule has 0 bridgehead atoms. The van der Waals surface area contributed by atoms with Crippen LogP contribution in [-0.2, 0) is 23.1 Å². The number of sulfonamides is 1. The molecule has 21 heavy (non-hydrogen) atoms. The standard InChI is InChI=1S/C10H14N6O4S/c1-2-3-16-8(12-6-13-16)5-15-4-7(21(11,19)20)9(17)14-10(15)18/h4,6H,2-3,5H2,1H3,(H2,11,19,20)(H,14,17,18). The number of aromatic nitrogens is 5. The van der Waals surface area contributed by atoms with Gasteiger partial charge in [-0.3, -0.25) is 14.3 Å². The molecular formula is C10H14N6O4S. The predicted molar refractivity (Wildman–Crippen MR) is 72.1 cm³/mol. The number of aryl methyl sites for hydroxylation is 1. The third-order valence-corrected chi connectivity index (χ3v) is 3.63. The average Bonchev–Trinajstić information content (AvgIpc) is 2.79. The minimum atomic E-state index is -4.22. The summed E-state index contributed by atoms with van der Waals surface area (Å²) in [7, 11) is -4.22. The number of hydrogen-bond acceptors (Lipinski definition) is 6. The molecule has 2 heterocycles. The van der Waals surface area contributed by atoms with Crippen LogP contribution in [0, 0.1) is 0 Å². The topological polar surface area (TPSA) is 146 Å². The molecule has 11 heteroatoms. The molecule has 2 aromatic heterocycles. The van der Waals surface area contributed by atoms with Gasteiger partial charge in [0.25, 0.3) is 5.56 Å². The van der Waals surface area contributed by atoms with Gasteiger partial charge in [0.1, 0.15) is 12.2 Å². The molecule has 0 saturated heterocycles. The fourth-order valence-electron chi connectivity index (χ4n) is 1.77. The van der Waals surface area contributed by atoms with Crippen LogP contribution in [0.15, 0.2) is 27.0 Å². The highest BCUT2D eigenvalue weighted by atomic mass is 32.2. The zero-order valence-electron chi connectivity index (χ0n) is 11.2. The van der Waals surface area contributed by atoms with Gasteiger partial charge in [-0.25, -0.2) is 28.0 Å². The SMILES string of the molecule is CCCn1ncnc1Cn1cc(S(N)(=O)=O)c(=O)[nH]c1=O. The number of primary sulfonamides is 1. The van der Waals surface area contributed by atoms with E-state index in [9.17, 15) is 18.0 Å². The van der Waals surface area contributed by atoms with Crippen molar-refractivity contribution in [3.05, 3.63) is 39.2 Å². The van der Waals surface area contributed by atoms with Gasteiger partial charge < -0.3 is 0 Å². The fourth-order valence-corrected chi connectivity index (χ4v) is 2.35. The van der Waals surface area contributed by atoms with Crippen molar-refractivity contribution in [1.82, 2.24) is 24.3 Å². The van der Waals surface area contributed by atoms with Gasteiger partial charge >= 0.3 is 5.69 Å². The molecule has 0 amide bonds. The van der Waals surface area contributed by atoms with Crippen molar-refractivity contribution < 1.29 is 8.42 Å². The highest BCUT2D eigenvalue weighted by Gasteiger charge is 2.16. The Kier molecular flexibility index (Phi) is 4.04. The number of nitrogens with two attached hydrogens (primary N) is 1. The van der Waals surface area contributed by atoms with E-state index in [0.717, 1.165) is 17.2 Å². The number of hydrogen-bond donors (Lipinski definition) is 2. The van der Waals surface area contributed by atoms with Crippen molar-refractivity contribution in [2.45, 2.75) is 31.3 Å². The molecule has 0 unspecified atom stereocenters. The first-order chi connectivity index (χ1) is 9.82. The van der Waals surface area contributed by atoms with Crippen molar-refractivity contribution in [3.63, 3.8) is 0 Å². The number of rotatable bonds is 5. The third-order valence-electron chi connectivity index (χ3n) is 2.73. The van der Waals surface area contributed by atoms with Gasteiger partial charge in [-0.05, 0) is 6.42 Å². The first-order valence-corrected chi connectivity index (χ1v) is 7.60. The molecule has 2 rings (SSSR count). The number of H-pyrrole nitrogens is 1. The molecule has 10 nitrogen and oxygen atoms in total. The Morgan fingerprint density at radius 2 is 2.10 bits per heavy atom. The van der Waals surface area contributed by atoms with Gasteiger partial charge in [-0.15, -0.1) is 0 Å². The Hall–Kier alpha value is -2.27. The second-order valence-electron chi connectivity index (χ2n) is 4.32. The van der Waals surface area contributed by atoms with E-state index in [1.54, 1.807) is 4.68 Å². The summed E-state index contributed by atoms with van der Waals surface area (Å²) in [4.78, 5) is 28.4. The van der Waals surface area contributed by atoms with Gasteiger partial charge in [0.2, 0.25) is 10.0 Å². The summed E-state index contributed by atoms with van der Waals surface area (Å²) in [6.07, 6.45) is 3.06. The van der Waals surface area contributed by atoms with Crippen molar-refractivity contribution >= 4 is 10.0 Å². The van der Waals surface area contributed by atoms with E-state index < -0.39 is 26.2 Å². The van der Waals surface area contributed by atoms with Gasteiger partial charge in [-0.2, -0.15) is 5.10 Å². The Balaban J connectivity index is 2.48. The largest absolute Gasteiger partial charge is 0.328 e. The Bertz CT molecular complexity index is 862. The van der Waals surface area contributed by atoms with Crippen LogP contribution in [0.4, 0.5) is 0 Å². The van der Waals surface area contributed by atoms with E-state index in [0.29, 0.717) is 12.4 Å². The summed E-state index contributed by atoms with van der Waals surface area (Å²) in [5, 5.41) is 8.93. The summed E-state index contributed by atoms with van der Waals surface area (Å²) in [6, 6.07) is 0. The molecule has 0 spiro atoms. The van der Waals surface area contributed by atoms with Crippen molar-refractivity contribution in [3.8, 4) is 0 Å². The number of nitrogens with one attached hydrogen (secondary N) is 1. The van der Waals surface area contributed by atoms with Crippen molar-refractivity contribution in [2.24, 2.45) is 5.14 Å². The van der Waals surface area contributed by atoms with E-state index in [2.05, 4.69) is 10.1 Å². The van der Waals surface area contributed by atoms with Crippen LogP contribution in [0.1, 0.15) is 19.2 Å². The van der Waals surface area contributed by atoms with Crippen LogP contribution in [0.3, 0.4) is 0 Å². The first-order valence-electron chi connectivity index (χ1n) is 6.06. The fraction of sp³-hybridized carbons (Fsp3) is 0.400. The van der Waals surface area contributed by atoms with Gasteiger partial charge in [0.15, 0.2) is 4.90 Å². The molecule has 3 N–H and O–H groups in total. The lowest BCUT2D eigenvalue weighted by atomic mass is 10.4. The maximum atomic E-state index is 11.7. The molecule has 0 fully saturated rings. The minimum Gasteiger partial charge on any atom is -0.292 e. The molecule has 0 aliphatic carbocycles. The van der Waals surface area contributed by atoms with E-state index in [-0.39, 0.29) is 6.54 Å². The minimum absolute atomic E-state index is 0.0296. The summed E-state index contributed by atoms with van der Waals surface area (Å²) in [5.41, 5.74) is -1.80. The maximum absolute atomic E-state index is 11.7. The Labute approximate surface area is 119 Å². The average molecular weight is 314 g/mol. The summed E-state index contributed by atoms with van der Waals surface area (Å²) in [5.74, 6) is 0.464. The van der Waals surface area contributed by atoms with Crippen LogP contribution in [-0.4, -0.2) is 32.7 Å². The molecular weight excluding hydrogens is 300 g/mol. The highest BCUT2D eigenvalue weighted by Crippen LogP contribution is 2.01. The third kappa shape index (κ3) is 3.25. The molecule has 2 aromatic rings. The van der Waals surface area contributed by atoms with Crippen LogP contribution < -0.4 is 16.4 Å². The molecule has 114 valence electrons. The Morgan fingerprint density at radius 3 is 2.71 bits per heavy atom. The molecule has 0 aromatic carbocycles. The molecule has 0 aliphatic rings. The van der Waals surface area contributed by atoms with Crippen LogP contribution >= 0.6 is 0 Å². The van der Waals surface area contributed by atoms with E-state index in [1.807, 2.05) is 11.9 Å². The summed E-state index contributed by atoms with van der Waals surface area (Å²) >= 11 is 0. The van der Waals surface area contributed by atoms with Crippen LogP contribution in [0.25, 0.3) is 0 Å². The van der Waals surface area contributed by atoms with Crippen molar-refractivity contribution in [2.75, 3.05) is 0 Å². The van der Waals surface area contributed by atoms with E-state index in [1.165, 1.54) is 6.33 Å². The smallest absolute Gasteiger partial charge is 0.292 e. The lowest BCUT2D eigenvalue weighted by molar-refractivity contribution is 0.543. The summed E-state index contributed by atoms with van der Waals surface area (Å²) in [6.45, 7) is 2.53. The van der Waals surface area contributed by atoms with Gasteiger partial charge in [0, 0.05) is 12.7 Å². The second-order valence-corrected chi connectivity index (χ2v) is 5.85. The molecule has 0 aliphatic heterocycles. The van der Waals surface area contributed by atoms with Crippen LogP contribution in [0.5, 0.6) is 0 Å². The normalized spacial score (nSPS) is 11.7. The van der Waals surface area contributed by atoms with E-state index >= 15 is 0 Å². The lowest BCUT2D eigenvalue weighted by Crippen LogP contribution is -2.35. The molecule has 0 radical (unpaired) electrons. The monoisotopic (exact) mass is 314 g/mol. The first kappa shape index (κ1) is 15.1. The predicted octanol–water partition coefficient (Wildman–Crippen LogP) is -1.77. The second kappa shape index (κ2) is 5.61. The van der Waals surface area contributed by atoms with Gasteiger partial charge in [0.05, 0.1) is 6.54 Å². The Morgan fingerprint density at radius 1 is 1.38 bits per heavy atom. The van der Waals surface area contributed by atoms with E-state index in [4.69, 9.17) is 5.14 Å². The summed E-state index contributed by atoms with van der Waals surface area (Å²) < 4.78 is 25.2. The van der Waals surface area contributed by atoms with Crippen molar-refractivity contribution in [1.29, 1.82) is 0 Å². The zero-order chi connectivity index (χ0) is 15.6. The molecule has 0 saturated carbocycles. The molecule has 0 atom stereocenters. The maximum Gasteiger partial charge on any atom is 0.328 e. The number of nitrogens with zero attached hydrogens (tertiary/aromatic N) is 4. The van der Waals surface area contributed by atoms with Crippen LogP contribution in [0.2, 0.25) is 0 Å². The number of aromatic amines is 1.